The summed E-state index contributed by atoms with van der Waals surface area (Å²) in [5, 5.41) is 0. The molecule has 3 nitrogen and oxygen atoms in total. The number of halogens is 4. The van der Waals surface area contributed by atoms with E-state index < -0.39 is 12.7 Å². The lowest BCUT2D eigenvalue weighted by Crippen LogP contribution is -2.36. The van der Waals surface area contributed by atoms with Crippen molar-refractivity contribution in [3.63, 3.8) is 0 Å². The first-order valence-electron chi connectivity index (χ1n) is 5.01. The molecule has 0 aromatic carbocycles. The first kappa shape index (κ1) is 14.0. The SMILES string of the molecule is Cc1ncc(N(CCCl)CC(F)(F)F)nc1C. The number of hydrogen-bond donors (Lipinski definition) is 0. The van der Waals surface area contributed by atoms with Gasteiger partial charge in [-0.15, -0.1) is 11.6 Å². The van der Waals surface area contributed by atoms with E-state index in [1.165, 1.54) is 6.20 Å². The molecule has 96 valence electrons. The molecule has 0 unspecified atom stereocenters. The van der Waals surface area contributed by atoms with Crippen molar-refractivity contribution >= 4 is 17.4 Å². The molecule has 0 saturated carbocycles. The summed E-state index contributed by atoms with van der Waals surface area (Å²) in [7, 11) is 0. The molecule has 0 aliphatic rings. The highest BCUT2D eigenvalue weighted by Crippen LogP contribution is 2.20. The van der Waals surface area contributed by atoms with Gasteiger partial charge in [0.25, 0.3) is 0 Å². The molecular weight excluding hydrogens is 255 g/mol. The molecule has 0 aliphatic carbocycles. The highest BCUT2D eigenvalue weighted by atomic mass is 35.5. The summed E-state index contributed by atoms with van der Waals surface area (Å²) >= 11 is 5.49. The molecule has 0 spiro atoms. The van der Waals surface area contributed by atoms with Gasteiger partial charge in [-0.1, -0.05) is 0 Å². The van der Waals surface area contributed by atoms with Gasteiger partial charge in [-0.25, -0.2) is 4.98 Å². The molecule has 1 heterocycles. The van der Waals surface area contributed by atoms with Crippen molar-refractivity contribution in [1.29, 1.82) is 0 Å². The number of anilines is 1. The molecule has 0 atom stereocenters. The van der Waals surface area contributed by atoms with Crippen molar-refractivity contribution < 1.29 is 13.2 Å². The summed E-state index contributed by atoms with van der Waals surface area (Å²) in [5.74, 6) is 0.302. The number of alkyl halides is 4. The van der Waals surface area contributed by atoms with Crippen LogP contribution in [0.1, 0.15) is 11.4 Å². The van der Waals surface area contributed by atoms with Crippen molar-refractivity contribution in [3.05, 3.63) is 17.6 Å². The maximum Gasteiger partial charge on any atom is 0.405 e. The molecule has 7 heteroatoms. The van der Waals surface area contributed by atoms with E-state index in [1.807, 2.05) is 0 Å². The second-order valence-electron chi connectivity index (χ2n) is 3.62. The largest absolute Gasteiger partial charge is 0.405 e. The van der Waals surface area contributed by atoms with E-state index in [-0.39, 0.29) is 18.2 Å². The average molecular weight is 268 g/mol. The Morgan fingerprint density at radius 2 is 1.94 bits per heavy atom. The molecule has 1 rings (SSSR count). The van der Waals surface area contributed by atoms with E-state index in [2.05, 4.69) is 9.97 Å². The van der Waals surface area contributed by atoms with E-state index >= 15 is 0 Å². The van der Waals surface area contributed by atoms with Gasteiger partial charge in [0.05, 0.1) is 17.6 Å². The summed E-state index contributed by atoms with van der Waals surface area (Å²) in [4.78, 5) is 9.15. The van der Waals surface area contributed by atoms with Crippen LogP contribution in [0.5, 0.6) is 0 Å². The monoisotopic (exact) mass is 267 g/mol. The lowest BCUT2D eigenvalue weighted by Gasteiger charge is -2.24. The van der Waals surface area contributed by atoms with E-state index in [1.54, 1.807) is 13.8 Å². The van der Waals surface area contributed by atoms with Crippen LogP contribution in [0.4, 0.5) is 19.0 Å². The Bertz CT molecular complexity index is 382. The van der Waals surface area contributed by atoms with E-state index in [0.717, 1.165) is 4.90 Å². The van der Waals surface area contributed by atoms with Crippen LogP contribution in [0, 0.1) is 13.8 Å². The smallest absolute Gasteiger partial charge is 0.345 e. The second kappa shape index (κ2) is 5.53. The van der Waals surface area contributed by atoms with Crippen LogP contribution in [-0.2, 0) is 0 Å². The number of nitrogens with zero attached hydrogens (tertiary/aromatic N) is 3. The summed E-state index contributed by atoms with van der Waals surface area (Å²) in [5.41, 5.74) is 1.32. The number of aryl methyl sites for hydroxylation is 2. The quantitative estimate of drug-likeness (QED) is 0.786. The van der Waals surface area contributed by atoms with Crippen molar-refractivity contribution in [2.45, 2.75) is 20.0 Å². The van der Waals surface area contributed by atoms with E-state index in [4.69, 9.17) is 11.6 Å². The Labute approximate surface area is 103 Å². The highest BCUT2D eigenvalue weighted by Gasteiger charge is 2.31. The Morgan fingerprint density at radius 1 is 1.29 bits per heavy atom. The van der Waals surface area contributed by atoms with Crippen molar-refractivity contribution in [2.24, 2.45) is 0 Å². The van der Waals surface area contributed by atoms with Gasteiger partial charge in [-0.05, 0) is 13.8 Å². The zero-order valence-electron chi connectivity index (χ0n) is 9.55. The van der Waals surface area contributed by atoms with Crippen LogP contribution < -0.4 is 4.90 Å². The third-order valence-electron chi connectivity index (χ3n) is 2.23. The molecule has 0 amide bonds. The fraction of sp³-hybridized carbons (Fsp3) is 0.600. The van der Waals surface area contributed by atoms with Gasteiger partial charge in [0.15, 0.2) is 0 Å². The minimum atomic E-state index is -4.29. The van der Waals surface area contributed by atoms with Gasteiger partial charge in [0.2, 0.25) is 0 Å². The molecule has 0 fully saturated rings. The third-order valence-corrected chi connectivity index (χ3v) is 2.40. The van der Waals surface area contributed by atoms with Crippen LogP contribution >= 0.6 is 11.6 Å². The minimum Gasteiger partial charge on any atom is -0.345 e. The van der Waals surface area contributed by atoms with Crippen LogP contribution in [0.2, 0.25) is 0 Å². The lowest BCUT2D eigenvalue weighted by molar-refractivity contribution is -0.119. The molecule has 0 saturated heterocycles. The van der Waals surface area contributed by atoms with Crippen LogP contribution in [-0.4, -0.2) is 35.1 Å². The van der Waals surface area contributed by atoms with Crippen LogP contribution in [0.25, 0.3) is 0 Å². The zero-order valence-corrected chi connectivity index (χ0v) is 10.3. The molecular formula is C10H13ClF3N3. The first-order valence-corrected chi connectivity index (χ1v) is 5.55. The predicted molar refractivity (Wildman–Crippen MR) is 60.5 cm³/mol. The normalized spacial score (nSPS) is 11.6. The van der Waals surface area contributed by atoms with Gasteiger partial charge in [-0.2, -0.15) is 13.2 Å². The van der Waals surface area contributed by atoms with Gasteiger partial charge in [0, 0.05) is 12.4 Å². The highest BCUT2D eigenvalue weighted by molar-refractivity contribution is 6.18. The fourth-order valence-electron chi connectivity index (χ4n) is 1.27. The molecule has 0 aliphatic heterocycles. The molecule has 1 aromatic rings. The summed E-state index contributed by atoms with van der Waals surface area (Å²) < 4.78 is 37.1. The fourth-order valence-corrected chi connectivity index (χ4v) is 1.48. The number of aromatic nitrogens is 2. The van der Waals surface area contributed by atoms with Crippen molar-refractivity contribution in [2.75, 3.05) is 23.9 Å². The Balaban J connectivity index is 2.93. The summed E-state index contributed by atoms with van der Waals surface area (Å²) in [6.45, 7) is 2.47. The summed E-state index contributed by atoms with van der Waals surface area (Å²) in [6, 6.07) is 0. The van der Waals surface area contributed by atoms with Gasteiger partial charge in [-0.3, -0.25) is 4.98 Å². The Morgan fingerprint density at radius 3 is 2.41 bits per heavy atom. The van der Waals surface area contributed by atoms with Crippen LogP contribution in [0.15, 0.2) is 6.20 Å². The summed E-state index contributed by atoms with van der Waals surface area (Å²) in [6.07, 6.45) is -2.95. The minimum absolute atomic E-state index is 0.0816. The Kier molecular flexibility index (Phi) is 4.56. The maximum absolute atomic E-state index is 12.4. The van der Waals surface area contributed by atoms with Crippen molar-refractivity contribution in [1.82, 2.24) is 9.97 Å². The molecule has 1 aromatic heterocycles. The predicted octanol–water partition coefficient (Wildman–Crippen LogP) is 2.70. The molecule has 0 N–H and O–H groups in total. The van der Waals surface area contributed by atoms with Gasteiger partial charge >= 0.3 is 6.18 Å². The van der Waals surface area contributed by atoms with Crippen molar-refractivity contribution in [3.8, 4) is 0 Å². The number of hydrogen-bond acceptors (Lipinski definition) is 3. The van der Waals surface area contributed by atoms with Gasteiger partial charge < -0.3 is 4.90 Å². The Hall–Kier alpha value is -1.04. The maximum atomic E-state index is 12.4. The lowest BCUT2D eigenvalue weighted by atomic mass is 10.3. The molecule has 0 bridgehead atoms. The molecule has 0 radical (unpaired) electrons. The third kappa shape index (κ3) is 4.38. The standard InChI is InChI=1S/C10H13ClF3N3/c1-7-8(2)16-9(5-15-7)17(4-3-11)6-10(12,13)14/h5H,3-4,6H2,1-2H3. The van der Waals surface area contributed by atoms with Crippen LogP contribution in [0.3, 0.4) is 0 Å². The zero-order chi connectivity index (χ0) is 13.1. The topological polar surface area (TPSA) is 29.0 Å². The first-order chi connectivity index (χ1) is 7.83. The number of rotatable bonds is 4. The average Bonchev–Trinajstić information content (AvgIpc) is 2.19. The molecule has 17 heavy (non-hydrogen) atoms. The van der Waals surface area contributed by atoms with E-state index in [9.17, 15) is 13.2 Å². The van der Waals surface area contributed by atoms with E-state index in [0.29, 0.717) is 11.4 Å². The second-order valence-corrected chi connectivity index (χ2v) is 4.00. The van der Waals surface area contributed by atoms with Gasteiger partial charge in [0.1, 0.15) is 12.4 Å².